The van der Waals surface area contributed by atoms with Crippen molar-refractivity contribution in [1.29, 1.82) is 0 Å². The number of fused-ring (bicyclic) bond motifs is 1. The summed E-state index contributed by atoms with van der Waals surface area (Å²) >= 11 is 0. The molecule has 0 heterocycles. The van der Waals surface area contributed by atoms with Gasteiger partial charge in [-0.1, -0.05) is 49.2 Å². The smallest absolute Gasteiger partial charge is 0.127 e. The molecule has 0 aliphatic heterocycles. The number of hydrogen-bond acceptors (Lipinski definition) is 1. The molecule has 0 radical (unpaired) electrons. The van der Waals surface area contributed by atoms with Crippen molar-refractivity contribution in [2.24, 2.45) is 0 Å². The second-order valence-corrected chi connectivity index (χ2v) is 4.18. The molecule has 0 fully saturated rings. The van der Waals surface area contributed by atoms with Gasteiger partial charge in [0.25, 0.3) is 0 Å². The Balaban J connectivity index is 2.30. The van der Waals surface area contributed by atoms with E-state index in [9.17, 15) is 0 Å². The van der Waals surface area contributed by atoms with Gasteiger partial charge in [0.05, 0.1) is 6.61 Å². The maximum Gasteiger partial charge on any atom is 0.127 e. The minimum atomic E-state index is 0.809. The summed E-state index contributed by atoms with van der Waals surface area (Å²) in [5.74, 6) is 1.01. The lowest BCUT2D eigenvalue weighted by molar-refractivity contribution is 0.313. The van der Waals surface area contributed by atoms with E-state index in [-0.39, 0.29) is 0 Å². The van der Waals surface area contributed by atoms with Crippen LogP contribution < -0.4 is 4.74 Å². The summed E-state index contributed by atoms with van der Waals surface area (Å²) in [5.41, 5.74) is 1.29. The van der Waals surface area contributed by atoms with Crippen molar-refractivity contribution < 1.29 is 4.74 Å². The summed E-state index contributed by atoms with van der Waals surface area (Å²) in [7, 11) is 0. The van der Waals surface area contributed by atoms with Gasteiger partial charge in [-0.3, -0.25) is 0 Å². The minimum absolute atomic E-state index is 0.809. The van der Waals surface area contributed by atoms with Crippen LogP contribution in [0.25, 0.3) is 10.8 Å². The highest BCUT2D eigenvalue weighted by atomic mass is 16.5. The molecule has 0 saturated heterocycles. The van der Waals surface area contributed by atoms with Crippen molar-refractivity contribution in [2.45, 2.75) is 26.7 Å². The zero-order chi connectivity index (χ0) is 11.4. The zero-order valence-corrected chi connectivity index (χ0v) is 9.99. The van der Waals surface area contributed by atoms with Gasteiger partial charge in [-0.25, -0.2) is 0 Å². The highest BCUT2D eigenvalue weighted by Crippen LogP contribution is 2.26. The first-order valence-corrected chi connectivity index (χ1v) is 5.93. The molecule has 0 aliphatic rings. The van der Waals surface area contributed by atoms with E-state index < -0.39 is 0 Å². The molecule has 0 aliphatic carbocycles. The van der Waals surface area contributed by atoms with Crippen molar-refractivity contribution >= 4 is 10.8 Å². The van der Waals surface area contributed by atoms with Crippen molar-refractivity contribution in [1.82, 2.24) is 0 Å². The molecule has 0 aromatic heterocycles. The number of benzene rings is 2. The lowest BCUT2D eigenvalue weighted by Crippen LogP contribution is -1.96. The van der Waals surface area contributed by atoms with Gasteiger partial charge in [-0.2, -0.15) is 0 Å². The lowest BCUT2D eigenvalue weighted by atomic mass is 10.1. The third kappa shape index (κ3) is 2.35. The van der Waals surface area contributed by atoms with E-state index in [1.165, 1.54) is 22.8 Å². The number of ether oxygens (including phenoxy) is 1. The third-order valence-corrected chi connectivity index (χ3v) is 2.75. The number of hydrogen-bond donors (Lipinski definition) is 0. The van der Waals surface area contributed by atoms with Crippen LogP contribution in [0.5, 0.6) is 5.75 Å². The summed E-state index contributed by atoms with van der Waals surface area (Å²) in [5, 5.41) is 2.47. The predicted octanol–water partition coefficient (Wildman–Crippen LogP) is 4.33. The van der Waals surface area contributed by atoms with E-state index in [2.05, 4.69) is 44.2 Å². The molecular weight excluding hydrogens is 196 g/mol. The van der Waals surface area contributed by atoms with Gasteiger partial charge < -0.3 is 4.74 Å². The molecule has 0 bridgehead atoms. The zero-order valence-electron chi connectivity index (χ0n) is 9.99. The van der Waals surface area contributed by atoms with Crippen LogP contribution in [0.1, 0.15) is 25.3 Å². The van der Waals surface area contributed by atoms with Crippen LogP contribution in [0.4, 0.5) is 0 Å². The lowest BCUT2D eigenvalue weighted by Gasteiger charge is -2.09. The molecule has 16 heavy (non-hydrogen) atoms. The van der Waals surface area contributed by atoms with E-state index in [4.69, 9.17) is 4.74 Å². The molecule has 2 rings (SSSR count). The number of rotatable bonds is 4. The Morgan fingerprint density at radius 3 is 2.81 bits per heavy atom. The Morgan fingerprint density at radius 1 is 1.12 bits per heavy atom. The van der Waals surface area contributed by atoms with Crippen LogP contribution in [-0.4, -0.2) is 6.61 Å². The van der Waals surface area contributed by atoms with E-state index in [0.29, 0.717) is 0 Å². The fourth-order valence-electron chi connectivity index (χ4n) is 1.83. The Bertz CT molecular complexity index is 474. The summed E-state index contributed by atoms with van der Waals surface area (Å²) < 4.78 is 5.80. The molecule has 0 N–H and O–H groups in total. The maximum absolute atomic E-state index is 5.80. The van der Waals surface area contributed by atoms with Crippen LogP contribution in [0.3, 0.4) is 0 Å². The first-order chi connectivity index (χ1) is 7.81. The minimum Gasteiger partial charge on any atom is -0.493 e. The average molecular weight is 214 g/mol. The molecule has 0 spiro atoms. The van der Waals surface area contributed by atoms with Crippen molar-refractivity contribution in [2.75, 3.05) is 6.61 Å². The first-order valence-electron chi connectivity index (χ1n) is 5.93. The fourth-order valence-corrected chi connectivity index (χ4v) is 1.83. The molecular formula is C15H18O. The van der Waals surface area contributed by atoms with Crippen LogP contribution in [-0.2, 0) is 0 Å². The van der Waals surface area contributed by atoms with Gasteiger partial charge >= 0.3 is 0 Å². The summed E-state index contributed by atoms with van der Waals surface area (Å²) in [4.78, 5) is 0. The Labute approximate surface area is 97.1 Å². The highest BCUT2D eigenvalue weighted by Gasteiger charge is 2.01. The van der Waals surface area contributed by atoms with Gasteiger partial charge in [0, 0.05) is 5.39 Å². The second kappa shape index (κ2) is 5.02. The van der Waals surface area contributed by atoms with Gasteiger partial charge in [-0.15, -0.1) is 0 Å². The van der Waals surface area contributed by atoms with Crippen molar-refractivity contribution in [3.63, 3.8) is 0 Å². The predicted molar refractivity (Wildman–Crippen MR) is 69.1 cm³/mol. The van der Waals surface area contributed by atoms with Gasteiger partial charge in [-0.05, 0) is 24.8 Å². The van der Waals surface area contributed by atoms with Crippen LogP contribution in [0.15, 0.2) is 36.4 Å². The highest BCUT2D eigenvalue weighted by molar-refractivity contribution is 5.88. The topological polar surface area (TPSA) is 9.23 Å². The summed E-state index contributed by atoms with van der Waals surface area (Å²) in [6.07, 6.45) is 2.28. The van der Waals surface area contributed by atoms with Crippen LogP contribution in [0.2, 0.25) is 0 Å². The van der Waals surface area contributed by atoms with E-state index >= 15 is 0 Å². The third-order valence-electron chi connectivity index (χ3n) is 2.75. The molecule has 0 atom stereocenters. The fraction of sp³-hybridized carbons (Fsp3) is 0.333. The second-order valence-electron chi connectivity index (χ2n) is 4.18. The summed E-state index contributed by atoms with van der Waals surface area (Å²) in [6.45, 7) is 5.10. The molecule has 84 valence electrons. The van der Waals surface area contributed by atoms with Gasteiger partial charge in [0.1, 0.15) is 5.75 Å². The van der Waals surface area contributed by atoms with Crippen molar-refractivity contribution in [3.8, 4) is 5.75 Å². The first kappa shape index (κ1) is 11.0. The molecule has 0 unspecified atom stereocenters. The Kier molecular flexibility index (Phi) is 3.45. The van der Waals surface area contributed by atoms with E-state index in [1.807, 2.05) is 6.07 Å². The van der Waals surface area contributed by atoms with E-state index in [0.717, 1.165) is 18.8 Å². The average Bonchev–Trinajstić information content (AvgIpc) is 2.29. The molecule has 0 saturated carbocycles. The molecule has 2 aromatic carbocycles. The Morgan fingerprint density at radius 2 is 2.00 bits per heavy atom. The van der Waals surface area contributed by atoms with Crippen molar-refractivity contribution in [3.05, 3.63) is 42.0 Å². The maximum atomic E-state index is 5.80. The Hall–Kier alpha value is -1.50. The SMILES string of the molecule is CCCCOc1cccc2cc(C)ccc12. The quantitative estimate of drug-likeness (QED) is 0.688. The van der Waals surface area contributed by atoms with Crippen LogP contribution in [0, 0.1) is 6.92 Å². The molecule has 2 aromatic rings. The van der Waals surface area contributed by atoms with Gasteiger partial charge in [0.2, 0.25) is 0 Å². The number of unbranched alkanes of at least 4 members (excludes halogenated alkanes) is 1. The number of aryl methyl sites for hydroxylation is 1. The summed E-state index contributed by atoms with van der Waals surface area (Å²) in [6, 6.07) is 12.7. The standard InChI is InChI=1S/C15H18O/c1-3-4-10-16-15-7-5-6-13-11-12(2)8-9-14(13)15/h5-9,11H,3-4,10H2,1-2H3. The normalized spacial score (nSPS) is 10.6. The van der Waals surface area contributed by atoms with Gasteiger partial charge in [0.15, 0.2) is 0 Å². The molecule has 1 nitrogen and oxygen atoms in total. The molecule has 0 amide bonds. The van der Waals surface area contributed by atoms with E-state index in [1.54, 1.807) is 0 Å². The largest absolute Gasteiger partial charge is 0.493 e. The monoisotopic (exact) mass is 214 g/mol. The van der Waals surface area contributed by atoms with Crippen LogP contribution >= 0.6 is 0 Å². The molecule has 1 heteroatoms.